The van der Waals surface area contributed by atoms with Crippen LogP contribution in [0.3, 0.4) is 0 Å². The van der Waals surface area contributed by atoms with Gasteiger partial charge in [-0.2, -0.15) is 0 Å². The van der Waals surface area contributed by atoms with Crippen molar-refractivity contribution in [2.45, 2.75) is 19.8 Å². The Bertz CT molecular complexity index is 420. The molecule has 75 valence electrons. The highest BCUT2D eigenvalue weighted by molar-refractivity contribution is 5.63. The molecule has 1 aromatic heterocycles. The zero-order chi connectivity index (χ0) is 10.5. The van der Waals surface area contributed by atoms with Crippen LogP contribution in [0.25, 0.3) is 11.3 Å². The highest BCUT2D eigenvalue weighted by Crippen LogP contribution is 2.21. The van der Waals surface area contributed by atoms with Crippen LogP contribution in [0.2, 0.25) is 0 Å². The summed E-state index contributed by atoms with van der Waals surface area (Å²) < 4.78 is 0. The van der Waals surface area contributed by atoms with E-state index < -0.39 is 0 Å². The minimum absolute atomic E-state index is 1.04. The maximum atomic E-state index is 4.37. The third-order valence-corrected chi connectivity index (χ3v) is 2.38. The van der Waals surface area contributed by atoms with Gasteiger partial charge in [0.1, 0.15) is 0 Å². The Morgan fingerprint density at radius 2 is 2.13 bits per heavy atom. The second-order valence-corrected chi connectivity index (χ2v) is 3.53. The van der Waals surface area contributed by atoms with Gasteiger partial charge in [0, 0.05) is 11.8 Å². The van der Waals surface area contributed by atoms with Gasteiger partial charge in [0.05, 0.1) is 5.69 Å². The Labute approximate surface area is 90.8 Å². The SMILES string of the molecule is CCCc1[c]cccc1-c1ccccn1. The van der Waals surface area contributed by atoms with E-state index >= 15 is 0 Å². The number of hydrogen-bond acceptors (Lipinski definition) is 1. The van der Waals surface area contributed by atoms with Crippen molar-refractivity contribution in [2.75, 3.05) is 0 Å². The molecule has 15 heavy (non-hydrogen) atoms. The molecule has 1 heterocycles. The topological polar surface area (TPSA) is 12.9 Å². The molecular weight excluding hydrogens is 182 g/mol. The van der Waals surface area contributed by atoms with Crippen LogP contribution in [0, 0.1) is 6.07 Å². The summed E-state index contributed by atoms with van der Waals surface area (Å²) in [5.41, 5.74) is 3.51. The van der Waals surface area contributed by atoms with Crippen LogP contribution in [0.4, 0.5) is 0 Å². The second-order valence-electron chi connectivity index (χ2n) is 3.53. The zero-order valence-corrected chi connectivity index (χ0v) is 8.90. The first-order valence-electron chi connectivity index (χ1n) is 5.33. The van der Waals surface area contributed by atoms with Crippen LogP contribution < -0.4 is 0 Å². The average molecular weight is 196 g/mol. The van der Waals surface area contributed by atoms with Gasteiger partial charge in [-0.25, -0.2) is 0 Å². The first-order chi connectivity index (χ1) is 7.42. The van der Waals surface area contributed by atoms with E-state index in [1.54, 1.807) is 0 Å². The average Bonchev–Trinajstić information content (AvgIpc) is 2.31. The molecular formula is C14H14N. The van der Waals surface area contributed by atoms with E-state index in [9.17, 15) is 0 Å². The number of benzene rings is 1. The van der Waals surface area contributed by atoms with E-state index in [1.165, 1.54) is 11.1 Å². The van der Waals surface area contributed by atoms with Crippen LogP contribution in [-0.4, -0.2) is 4.98 Å². The fourth-order valence-electron chi connectivity index (χ4n) is 1.69. The molecule has 0 N–H and O–H groups in total. The van der Waals surface area contributed by atoms with Gasteiger partial charge < -0.3 is 0 Å². The first-order valence-corrected chi connectivity index (χ1v) is 5.33. The maximum Gasteiger partial charge on any atom is 0.0704 e. The molecule has 0 aliphatic rings. The molecule has 1 aromatic carbocycles. The van der Waals surface area contributed by atoms with Gasteiger partial charge >= 0.3 is 0 Å². The summed E-state index contributed by atoms with van der Waals surface area (Å²) in [5.74, 6) is 0. The lowest BCUT2D eigenvalue weighted by Crippen LogP contribution is -1.90. The normalized spacial score (nSPS) is 10.2. The summed E-state index contributed by atoms with van der Waals surface area (Å²) >= 11 is 0. The minimum Gasteiger partial charge on any atom is -0.256 e. The Morgan fingerprint density at radius 3 is 2.87 bits per heavy atom. The summed E-state index contributed by atoms with van der Waals surface area (Å²) in [5, 5.41) is 0. The molecule has 1 nitrogen and oxygen atoms in total. The molecule has 0 spiro atoms. The number of aromatic nitrogens is 1. The summed E-state index contributed by atoms with van der Waals surface area (Å²) in [6.07, 6.45) is 4.03. The Hall–Kier alpha value is -1.63. The van der Waals surface area contributed by atoms with Crippen molar-refractivity contribution < 1.29 is 0 Å². The molecule has 0 bridgehead atoms. The lowest BCUT2D eigenvalue weighted by molar-refractivity contribution is 0.921. The molecule has 0 aliphatic carbocycles. The van der Waals surface area contributed by atoms with Gasteiger partial charge in [-0.1, -0.05) is 37.6 Å². The number of rotatable bonds is 3. The number of nitrogens with zero attached hydrogens (tertiary/aromatic N) is 1. The van der Waals surface area contributed by atoms with Crippen LogP contribution >= 0.6 is 0 Å². The van der Waals surface area contributed by atoms with Crippen molar-refractivity contribution in [3.05, 3.63) is 54.2 Å². The molecule has 0 amide bonds. The molecule has 1 heteroatoms. The molecule has 0 unspecified atom stereocenters. The number of pyridine rings is 1. The summed E-state index contributed by atoms with van der Waals surface area (Å²) in [4.78, 5) is 4.37. The Kier molecular flexibility index (Phi) is 3.13. The molecule has 2 rings (SSSR count). The molecule has 2 aromatic rings. The summed E-state index contributed by atoms with van der Waals surface area (Å²) in [7, 11) is 0. The van der Waals surface area contributed by atoms with Crippen molar-refractivity contribution in [3.8, 4) is 11.3 Å². The van der Waals surface area contributed by atoms with Gasteiger partial charge in [-0.15, -0.1) is 0 Å². The molecule has 0 saturated carbocycles. The summed E-state index contributed by atoms with van der Waals surface area (Å²) in [6.45, 7) is 2.18. The molecule has 0 saturated heterocycles. The van der Waals surface area contributed by atoms with E-state index in [-0.39, 0.29) is 0 Å². The third-order valence-electron chi connectivity index (χ3n) is 2.38. The molecule has 0 atom stereocenters. The smallest absolute Gasteiger partial charge is 0.0704 e. The fourth-order valence-corrected chi connectivity index (χ4v) is 1.69. The fraction of sp³-hybridized carbons (Fsp3) is 0.214. The van der Waals surface area contributed by atoms with E-state index in [0.29, 0.717) is 0 Å². The van der Waals surface area contributed by atoms with E-state index in [0.717, 1.165) is 18.5 Å². The summed E-state index contributed by atoms with van der Waals surface area (Å²) in [6, 6.07) is 15.4. The van der Waals surface area contributed by atoms with E-state index in [2.05, 4.69) is 24.0 Å². The van der Waals surface area contributed by atoms with Gasteiger partial charge in [0.25, 0.3) is 0 Å². The second kappa shape index (κ2) is 4.74. The molecule has 0 aliphatic heterocycles. The lowest BCUT2D eigenvalue weighted by Gasteiger charge is -2.06. The van der Waals surface area contributed by atoms with Crippen molar-refractivity contribution in [1.29, 1.82) is 0 Å². The largest absolute Gasteiger partial charge is 0.256 e. The van der Waals surface area contributed by atoms with Gasteiger partial charge in [0.2, 0.25) is 0 Å². The predicted molar refractivity (Wildman–Crippen MR) is 62.5 cm³/mol. The standard InChI is InChI=1S/C14H14N/c1-2-7-12-8-3-4-9-13(12)14-10-5-6-11-15-14/h3-6,9-11H,2,7H2,1H3. The quantitative estimate of drug-likeness (QED) is 0.732. The Balaban J connectivity index is 2.43. The van der Waals surface area contributed by atoms with Crippen LogP contribution in [0.15, 0.2) is 42.6 Å². The Morgan fingerprint density at radius 1 is 1.20 bits per heavy atom. The van der Waals surface area contributed by atoms with Crippen LogP contribution in [0.1, 0.15) is 18.9 Å². The van der Waals surface area contributed by atoms with Crippen molar-refractivity contribution in [1.82, 2.24) is 4.98 Å². The lowest BCUT2D eigenvalue weighted by atomic mass is 10.0. The number of aryl methyl sites for hydroxylation is 1. The van der Waals surface area contributed by atoms with Gasteiger partial charge in [0.15, 0.2) is 0 Å². The first kappa shape index (κ1) is 9.91. The van der Waals surface area contributed by atoms with Gasteiger partial charge in [-0.05, 0) is 30.2 Å². The van der Waals surface area contributed by atoms with Crippen LogP contribution in [-0.2, 0) is 6.42 Å². The predicted octanol–water partition coefficient (Wildman–Crippen LogP) is 3.50. The monoisotopic (exact) mass is 196 g/mol. The number of hydrogen-bond donors (Lipinski definition) is 0. The zero-order valence-electron chi connectivity index (χ0n) is 8.90. The van der Waals surface area contributed by atoms with E-state index in [4.69, 9.17) is 0 Å². The highest BCUT2D eigenvalue weighted by atomic mass is 14.7. The van der Waals surface area contributed by atoms with Crippen LogP contribution in [0.5, 0.6) is 0 Å². The third kappa shape index (κ3) is 2.24. The van der Waals surface area contributed by atoms with Gasteiger partial charge in [-0.3, -0.25) is 4.98 Å². The molecule has 1 radical (unpaired) electrons. The van der Waals surface area contributed by atoms with E-state index in [1.807, 2.05) is 36.5 Å². The van der Waals surface area contributed by atoms with Crippen molar-refractivity contribution in [3.63, 3.8) is 0 Å². The highest BCUT2D eigenvalue weighted by Gasteiger charge is 2.03. The van der Waals surface area contributed by atoms with Crippen molar-refractivity contribution in [2.24, 2.45) is 0 Å². The molecule has 0 fully saturated rings. The van der Waals surface area contributed by atoms with Crippen molar-refractivity contribution >= 4 is 0 Å². The maximum absolute atomic E-state index is 4.37. The minimum atomic E-state index is 1.04.